The standard InChI is InChI=1S/C39H50N8O4/c1-24(2)20-40-23-34(48)46-18-6-8-32(46)36-41-21-30(43-36)28-14-10-26(11-15-28)27-12-16-29(17-13-27)31-22-42-37(44-31)33-9-7-19-47(33)38(49)35(25(3)4)45-39(50)51-5/h10-17,21-22,24-25,32-33,35,40H,6-9,18-20,23H2,1-5H3,(H,41,43)(H,42,44)(H,45,50)/t32-,33-,35?/m0/s1. The molecule has 0 spiro atoms. The molecule has 270 valence electrons. The van der Waals surface area contributed by atoms with Crippen LogP contribution in [-0.4, -0.2) is 87.0 Å². The van der Waals surface area contributed by atoms with Gasteiger partial charge in [-0.1, -0.05) is 76.2 Å². The van der Waals surface area contributed by atoms with Gasteiger partial charge >= 0.3 is 6.09 Å². The molecule has 0 bridgehead atoms. The third kappa shape index (κ3) is 8.17. The Morgan fingerprint density at radius 3 is 1.76 bits per heavy atom. The van der Waals surface area contributed by atoms with Gasteiger partial charge in [0, 0.05) is 13.1 Å². The molecule has 0 radical (unpaired) electrons. The average molecular weight is 695 g/mol. The van der Waals surface area contributed by atoms with Crippen LogP contribution in [0.3, 0.4) is 0 Å². The molecule has 0 aliphatic carbocycles. The Balaban J connectivity index is 1.09. The zero-order chi connectivity index (χ0) is 36.1. The van der Waals surface area contributed by atoms with Gasteiger partial charge in [0.25, 0.3) is 0 Å². The van der Waals surface area contributed by atoms with Gasteiger partial charge in [-0.15, -0.1) is 0 Å². The van der Waals surface area contributed by atoms with Gasteiger partial charge in [-0.05, 0) is 66.3 Å². The lowest BCUT2D eigenvalue weighted by molar-refractivity contribution is -0.135. The average Bonchev–Trinajstić information content (AvgIpc) is 3.96. The molecule has 0 saturated carbocycles. The Bertz CT molecular complexity index is 1800. The number of amides is 3. The number of H-pyrrole nitrogens is 2. The highest BCUT2D eigenvalue weighted by Crippen LogP contribution is 2.34. The molecule has 2 aliphatic rings. The van der Waals surface area contributed by atoms with Gasteiger partial charge in [-0.25, -0.2) is 14.8 Å². The molecule has 51 heavy (non-hydrogen) atoms. The van der Waals surface area contributed by atoms with E-state index in [0.717, 1.165) is 84.1 Å². The number of likely N-dealkylation sites (tertiary alicyclic amines) is 2. The molecule has 1 unspecified atom stereocenters. The zero-order valence-electron chi connectivity index (χ0n) is 30.2. The molecule has 12 heteroatoms. The van der Waals surface area contributed by atoms with Crippen LogP contribution in [0.2, 0.25) is 0 Å². The molecule has 4 N–H and O–H groups in total. The minimum atomic E-state index is -0.673. The second-order valence-electron chi connectivity index (χ2n) is 14.3. The summed E-state index contributed by atoms with van der Waals surface area (Å²) >= 11 is 0. The number of alkyl carbamates (subject to hydrolysis) is 1. The van der Waals surface area contributed by atoms with Crippen molar-refractivity contribution in [1.82, 2.24) is 40.4 Å². The molecule has 2 aromatic heterocycles. The van der Waals surface area contributed by atoms with Crippen LogP contribution in [-0.2, 0) is 14.3 Å². The number of ether oxygens (including phenoxy) is 1. The Morgan fingerprint density at radius 2 is 1.27 bits per heavy atom. The molecule has 4 aromatic rings. The Labute approximate surface area is 299 Å². The lowest BCUT2D eigenvalue weighted by Crippen LogP contribution is -2.51. The van der Waals surface area contributed by atoms with Gasteiger partial charge in [0.15, 0.2) is 0 Å². The van der Waals surface area contributed by atoms with Crippen molar-refractivity contribution in [3.05, 3.63) is 72.6 Å². The van der Waals surface area contributed by atoms with E-state index < -0.39 is 12.1 Å². The number of carbonyl (C=O) groups is 3. The normalized spacial score (nSPS) is 18.1. The van der Waals surface area contributed by atoms with Crippen molar-refractivity contribution in [1.29, 1.82) is 0 Å². The van der Waals surface area contributed by atoms with Crippen molar-refractivity contribution in [3.63, 3.8) is 0 Å². The van der Waals surface area contributed by atoms with Gasteiger partial charge in [0.2, 0.25) is 11.8 Å². The number of aromatic amines is 2. The van der Waals surface area contributed by atoms with Crippen LogP contribution < -0.4 is 10.6 Å². The summed E-state index contributed by atoms with van der Waals surface area (Å²) in [5.41, 5.74) is 6.03. The summed E-state index contributed by atoms with van der Waals surface area (Å²) in [5.74, 6) is 1.98. The fourth-order valence-corrected chi connectivity index (χ4v) is 7.10. The van der Waals surface area contributed by atoms with Gasteiger partial charge in [0.1, 0.15) is 17.7 Å². The van der Waals surface area contributed by atoms with E-state index in [2.05, 4.69) is 92.9 Å². The highest BCUT2D eigenvalue weighted by molar-refractivity contribution is 5.86. The topological polar surface area (TPSA) is 148 Å². The number of nitrogens with zero attached hydrogens (tertiary/aromatic N) is 4. The maximum Gasteiger partial charge on any atom is 0.407 e. The molecular formula is C39H50N8O4. The van der Waals surface area contributed by atoms with E-state index in [-0.39, 0.29) is 29.8 Å². The number of nitrogens with one attached hydrogen (secondary N) is 4. The second kappa shape index (κ2) is 15.9. The Kier molecular flexibility index (Phi) is 11.2. The SMILES string of the molecule is COC(=O)NC(C(=O)N1CCC[C@H]1c1ncc(-c2ccc(-c3ccc(-c4cnc([C@@H]5CCCN5C(=O)CNCC(C)C)[nH]4)cc3)cc2)[nH]1)C(C)C. The quantitative estimate of drug-likeness (QED) is 0.140. The van der Waals surface area contributed by atoms with Crippen molar-refractivity contribution < 1.29 is 19.1 Å². The fraction of sp³-hybridized carbons (Fsp3) is 0.462. The third-order valence-electron chi connectivity index (χ3n) is 9.88. The van der Waals surface area contributed by atoms with Crippen LogP contribution in [0.25, 0.3) is 33.6 Å². The summed E-state index contributed by atoms with van der Waals surface area (Å²) in [7, 11) is 1.30. The minimum Gasteiger partial charge on any atom is -0.453 e. The summed E-state index contributed by atoms with van der Waals surface area (Å²) in [4.78, 5) is 58.4. The van der Waals surface area contributed by atoms with Crippen LogP contribution in [0.1, 0.15) is 77.1 Å². The highest BCUT2D eigenvalue weighted by Gasteiger charge is 2.37. The number of methoxy groups -OCH3 is 1. The van der Waals surface area contributed by atoms with Crippen molar-refractivity contribution in [2.24, 2.45) is 11.8 Å². The van der Waals surface area contributed by atoms with Crippen LogP contribution in [0.15, 0.2) is 60.9 Å². The van der Waals surface area contributed by atoms with Crippen LogP contribution in [0, 0.1) is 11.8 Å². The predicted octanol–water partition coefficient (Wildman–Crippen LogP) is 6.09. The van der Waals surface area contributed by atoms with Crippen molar-refractivity contribution in [2.45, 2.75) is 71.5 Å². The van der Waals surface area contributed by atoms with Crippen LogP contribution >= 0.6 is 0 Å². The number of carbonyl (C=O) groups excluding carboxylic acids is 3. The van der Waals surface area contributed by atoms with Gasteiger partial charge in [0.05, 0.1) is 49.5 Å². The molecule has 3 amide bonds. The summed E-state index contributed by atoms with van der Waals surface area (Å²) in [6, 6.07) is 15.8. The predicted molar refractivity (Wildman–Crippen MR) is 196 cm³/mol. The van der Waals surface area contributed by atoms with E-state index in [0.29, 0.717) is 19.0 Å². The number of imidazole rings is 2. The maximum atomic E-state index is 13.5. The first kappa shape index (κ1) is 35.8. The molecule has 2 aromatic carbocycles. The molecule has 2 fully saturated rings. The lowest BCUT2D eigenvalue weighted by Gasteiger charge is -2.30. The monoisotopic (exact) mass is 694 g/mol. The van der Waals surface area contributed by atoms with E-state index in [1.54, 1.807) is 0 Å². The minimum absolute atomic E-state index is 0.0250. The third-order valence-corrected chi connectivity index (χ3v) is 9.88. The smallest absolute Gasteiger partial charge is 0.407 e. The summed E-state index contributed by atoms with van der Waals surface area (Å²) in [6.45, 7) is 10.6. The molecule has 2 saturated heterocycles. The van der Waals surface area contributed by atoms with Crippen LogP contribution in [0.4, 0.5) is 4.79 Å². The number of benzene rings is 2. The van der Waals surface area contributed by atoms with E-state index >= 15 is 0 Å². The van der Waals surface area contributed by atoms with Crippen molar-refractivity contribution in [2.75, 3.05) is 33.3 Å². The first-order valence-electron chi connectivity index (χ1n) is 18.1. The Hall–Kier alpha value is -4.97. The number of hydrogen-bond donors (Lipinski definition) is 4. The molecular weight excluding hydrogens is 644 g/mol. The fourth-order valence-electron chi connectivity index (χ4n) is 7.10. The van der Waals surface area contributed by atoms with Gasteiger partial charge in [-0.3, -0.25) is 9.59 Å². The lowest BCUT2D eigenvalue weighted by atomic mass is 10.0. The number of rotatable bonds is 12. The number of hydrogen-bond acceptors (Lipinski definition) is 7. The molecule has 4 heterocycles. The summed E-state index contributed by atoms with van der Waals surface area (Å²) < 4.78 is 4.75. The first-order chi connectivity index (χ1) is 24.6. The molecule has 6 rings (SSSR count). The first-order valence-corrected chi connectivity index (χ1v) is 18.1. The molecule has 3 atom stereocenters. The summed E-state index contributed by atoms with van der Waals surface area (Å²) in [5, 5.41) is 5.97. The van der Waals surface area contributed by atoms with Gasteiger partial charge < -0.3 is 35.1 Å². The largest absolute Gasteiger partial charge is 0.453 e. The summed E-state index contributed by atoms with van der Waals surface area (Å²) in [6.07, 6.45) is 6.60. The van der Waals surface area contributed by atoms with Gasteiger partial charge in [-0.2, -0.15) is 0 Å². The highest BCUT2D eigenvalue weighted by atomic mass is 16.5. The molecule has 12 nitrogen and oxygen atoms in total. The van der Waals surface area contributed by atoms with E-state index in [1.165, 1.54) is 7.11 Å². The molecule has 2 aliphatic heterocycles. The van der Waals surface area contributed by atoms with Crippen LogP contribution in [0.5, 0.6) is 0 Å². The van der Waals surface area contributed by atoms with E-state index in [9.17, 15) is 14.4 Å². The maximum absolute atomic E-state index is 13.5. The number of aromatic nitrogens is 4. The Morgan fingerprint density at radius 1 is 0.784 bits per heavy atom. The van der Waals surface area contributed by atoms with E-state index in [4.69, 9.17) is 4.74 Å². The van der Waals surface area contributed by atoms with E-state index in [1.807, 2.05) is 36.0 Å². The second-order valence-corrected chi connectivity index (χ2v) is 14.3. The zero-order valence-corrected chi connectivity index (χ0v) is 30.2. The van der Waals surface area contributed by atoms with Crippen molar-refractivity contribution in [3.8, 4) is 33.6 Å². The van der Waals surface area contributed by atoms with Crippen molar-refractivity contribution >= 4 is 17.9 Å².